The maximum atomic E-state index is 13.0. The van der Waals surface area contributed by atoms with Crippen molar-refractivity contribution in [2.24, 2.45) is 0 Å². The van der Waals surface area contributed by atoms with Crippen molar-refractivity contribution in [3.8, 4) is 11.5 Å². The molecule has 1 fully saturated rings. The number of nitro groups is 1. The number of hydrogen-bond donors (Lipinski definition) is 0. The van der Waals surface area contributed by atoms with Gasteiger partial charge < -0.3 is 14.4 Å². The van der Waals surface area contributed by atoms with Crippen LogP contribution in [0.5, 0.6) is 11.5 Å². The molecule has 1 saturated heterocycles. The minimum atomic E-state index is -3.81. The molecule has 0 bridgehead atoms. The number of benzene rings is 2. The Labute approximate surface area is 201 Å². The zero-order valence-corrected chi connectivity index (χ0v) is 20.3. The van der Waals surface area contributed by atoms with Gasteiger partial charge in [-0.2, -0.15) is 4.31 Å². The number of nitro benzene ring substituents is 1. The van der Waals surface area contributed by atoms with E-state index in [1.54, 1.807) is 14.2 Å². The molecule has 12 heteroatoms. The molecule has 0 amide bonds. The SMILES string of the molecule is COc1ccc(OC)c(Cc2csc(N3CCN(S(=O)(=O)c4cccc([N+](=O)[O-])c4)CC3)n2)c1. The fourth-order valence-corrected chi connectivity index (χ4v) is 6.11. The van der Waals surface area contributed by atoms with Crippen molar-refractivity contribution >= 4 is 32.2 Å². The van der Waals surface area contributed by atoms with E-state index < -0.39 is 14.9 Å². The Morgan fingerprint density at radius 3 is 2.53 bits per heavy atom. The molecule has 180 valence electrons. The lowest BCUT2D eigenvalue weighted by Crippen LogP contribution is -2.48. The highest BCUT2D eigenvalue weighted by Crippen LogP contribution is 2.29. The van der Waals surface area contributed by atoms with Gasteiger partial charge in [0.1, 0.15) is 11.5 Å². The zero-order chi connectivity index (χ0) is 24.3. The normalized spacial score (nSPS) is 14.7. The third-order valence-corrected chi connectivity index (χ3v) is 8.42. The van der Waals surface area contributed by atoms with Gasteiger partial charge in [-0.05, 0) is 24.3 Å². The summed E-state index contributed by atoms with van der Waals surface area (Å²) in [4.78, 5) is 17.1. The molecule has 4 rings (SSSR count). The summed E-state index contributed by atoms with van der Waals surface area (Å²) in [6, 6.07) is 10.8. The van der Waals surface area contributed by atoms with Gasteiger partial charge in [-0.15, -0.1) is 11.3 Å². The summed E-state index contributed by atoms with van der Waals surface area (Å²) in [6.07, 6.45) is 0.581. The molecule has 1 aliphatic heterocycles. The fraction of sp³-hybridized carbons (Fsp3) is 0.318. The van der Waals surface area contributed by atoms with E-state index in [-0.39, 0.29) is 23.7 Å². The predicted octanol–water partition coefficient (Wildman–Crippen LogP) is 3.17. The minimum absolute atomic E-state index is 0.0704. The zero-order valence-electron chi connectivity index (χ0n) is 18.7. The van der Waals surface area contributed by atoms with Crippen LogP contribution in [0.2, 0.25) is 0 Å². The van der Waals surface area contributed by atoms with Crippen LogP contribution in [0, 0.1) is 10.1 Å². The van der Waals surface area contributed by atoms with E-state index in [2.05, 4.69) is 4.90 Å². The van der Waals surface area contributed by atoms with Crippen LogP contribution in [-0.4, -0.2) is 63.0 Å². The summed E-state index contributed by atoms with van der Waals surface area (Å²) in [5.74, 6) is 1.50. The molecule has 0 aliphatic carbocycles. The van der Waals surface area contributed by atoms with E-state index in [4.69, 9.17) is 14.5 Å². The monoisotopic (exact) mass is 504 g/mol. The number of aromatic nitrogens is 1. The molecule has 0 N–H and O–H groups in total. The molecule has 34 heavy (non-hydrogen) atoms. The first-order chi connectivity index (χ1) is 16.3. The second-order valence-corrected chi connectivity index (χ2v) is 10.4. The van der Waals surface area contributed by atoms with Gasteiger partial charge in [0.2, 0.25) is 10.0 Å². The first-order valence-corrected chi connectivity index (χ1v) is 12.8. The predicted molar refractivity (Wildman–Crippen MR) is 129 cm³/mol. The van der Waals surface area contributed by atoms with Crippen LogP contribution in [0.15, 0.2) is 52.7 Å². The van der Waals surface area contributed by atoms with Gasteiger partial charge in [0.15, 0.2) is 5.13 Å². The number of piperazine rings is 1. The van der Waals surface area contributed by atoms with Crippen molar-refractivity contribution in [1.82, 2.24) is 9.29 Å². The van der Waals surface area contributed by atoms with E-state index in [9.17, 15) is 18.5 Å². The van der Waals surface area contributed by atoms with Crippen LogP contribution in [0.1, 0.15) is 11.3 Å². The molecule has 1 aliphatic rings. The van der Waals surface area contributed by atoms with E-state index in [1.807, 2.05) is 23.6 Å². The third kappa shape index (κ3) is 4.98. The molecule has 1 aromatic heterocycles. The molecule has 10 nitrogen and oxygen atoms in total. The topological polar surface area (TPSA) is 115 Å². The Kier molecular flexibility index (Phi) is 7.00. The molecule has 0 atom stereocenters. The van der Waals surface area contributed by atoms with Crippen LogP contribution in [0.3, 0.4) is 0 Å². The lowest BCUT2D eigenvalue weighted by Gasteiger charge is -2.33. The molecule has 0 saturated carbocycles. The molecule has 2 aromatic carbocycles. The molecular weight excluding hydrogens is 480 g/mol. The van der Waals surface area contributed by atoms with E-state index in [1.165, 1.54) is 33.8 Å². The van der Waals surface area contributed by atoms with Crippen molar-refractivity contribution in [2.75, 3.05) is 45.3 Å². The lowest BCUT2D eigenvalue weighted by molar-refractivity contribution is -0.385. The van der Waals surface area contributed by atoms with Crippen LogP contribution in [-0.2, 0) is 16.4 Å². The Morgan fingerprint density at radius 2 is 1.85 bits per heavy atom. The van der Waals surface area contributed by atoms with Crippen LogP contribution < -0.4 is 14.4 Å². The molecule has 3 aromatic rings. The summed E-state index contributed by atoms with van der Waals surface area (Å²) in [5, 5.41) is 13.8. The quantitative estimate of drug-likeness (QED) is 0.339. The highest BCUT2D eigenvalue weighted by atomic mass is 32.2. The Balaban J connectivity index is 1.43. The second kappa shape index (κ2) is 9.95. The average Bonchev–Trinajstić information content (AvgIpc) is 3.32. The first-order valence-electron chi connectivity index (χ1n) is 10.5. The van der Waals surface area contributed by atoms with Gasteiger partial charge >= 0.3 is 0 Å². The van der Waals surface area contributed by atoms with Gasteiger partial charge in [-0.1, -0.05) is 6.07 Å². The molecular formula is C22H24N4O6S2. The molecule has 0 unspecified atom stereocenters. The highest BCUT2D eigenvalue weighted by molar-refractivity contribution is 7.89. The van der Waals surface area contributed by atoms with Gasteiger partial charge in [-0.3, -0.25) is 10.1 Å². The Morgan fingerprint density at radius 1 is 1.09 bits per heavy atom. The number of methoxy groups -OCH3 is 2. The van der Waals surface area contributed by atoms with Crippen LogP contribution in [0.25, 0.3) is 0 Å². The maximum Gasteiger partial charge on any atom is 0.270 e. The van der Waals surface area contributed by atoms with Crippen molar-refractivity contribution in [3.05, 3.63) is 69.2 Å². The smallest absolute Gasteiger partial charge is 0.270 e. The minimum Gasteiger partial charge on any atom is -0.497 e. The molecule has 0 spiro atoms. The Bertz CT molecular complexity index is 1290. The van der Waals surface area contributed by atoms with Crippen molar-refractivity contribution < 1.29 is 22.8 Å². The van der Waals surface area contributed by atoms with Gasteiger partial charge in [0, 0.05) is 55.7 Å². The standard InChI is InChI=1S/C22H24N4O6S2/c1-31-19-6-7-21(32-2)16(13-19)12-17-15-33-22(23-17)24-8-10-25(11-9-24)34(29,30)20-5-3-4-18(14-20)26(27)28/h3-7,13-15H,8-12H2,1-2H3. The third-order valence-electron chi connectivity index (χ3n) is 5.57. The number of sulfonamides is 1. The summed E-state index contributed by atoms with van der Waals surface area (Å²) in [7, 11) is -0.574. The largest absolute Gasteiger partial charge is 0.497 e. The number of thiazole rings is 1. The maximum absolute atomic E-state index is 13.0. The summed E-state index contributed by atoms with van der Waals surface area (Å²) < 4.78 is 38.1. The van der Waals surface area contributed by atoms with Crippen LogP contribution >= 0.6 is 11.3 Å². The number of anilines is 1. The fourth-order valence-electron chi connectivity index (χ4n) is 3.76. The average molecular weight is 505 g/mol. The van der Waals surface area contributed by atoms with Crippen molar-refractivity contribution in [2.45, 2.75) is 11.3 Å². The summed E-state index contributed by atoms with van der Waals surface area (Å²) in [5.41, 5.74) is 1.60. The van der Waals surface area contributed by atoms with E-state index in [0.717, 1.165) is 34.0 Å². The molecule has 2 heterocycles. The summed E-state index contributed by atoms with van der Waals surface area (Å²) in [6.45, 7) is 1.49. The van der Waals surface area contributed by atoms with Crippen molar-refractivity contribution in [3.63, 3.8) is 0 Å². The number of nitrogens with zero attached hydrogens (tertiary/aromatic N) is 4. The number of rotatable bonds is 8. The van der Waals surface area contributed by atoms with Gasteiger partial charge in [0.25, 0.3) is 5.69 Å². The van der Waals surface area contributed by atoms with E-state index >= 15 is 0 Å². The highest BCUT2D eigenvalue weighted by Gasteiger charge is 2.30. The lowest BCUT2D eigenvalue weighted by atomic mass is 10.1. The van der Waals surface area contributed by atoms with Crippen LogP contribution in [0.4, 0.5) is 10.8 Å². The van der Waals surface area contributed by atoms with Crippen molar-refractivity contribution in [1.29, 1.82) is 0 Å². The van der Waals surface area contributed by atoms with Gasteiger partial charge in [0.05, 0.1) is 29.7 Å². The summed E-state index contributed by atoms with van der Waals surface area (Å²) >= 11 is 1.51. The van der Waals surface area contributed by atoms with E-state index in [0.29, 0.717) is 19.5 Å². The number of hydrogen-bond acceptors (Lipinski definition) is 9. The van der Waals surface area contributed by atoms with Gasteiger partial charge in [-0.25, -0.2) is 13.4 Å². The number of ether oxygens (including phenoxy) is 2. The second-order valence-electron chi connectivity index (χ2n) is 7.62. The number of non-ortho nitro benzene ring substituents is 1. The molecule has 0 radical (unpaired) electrons. The first kappa shape index (κ1) is 23.9. The Hall–Kier alpha value is -3.22.